The van der Waals surface area contributed by atoms with E-state index in [0.717, 1.165) is 0 Å². The molecule has 0 saturated carbocycles. The summed E-state index contributed by atoms with van der Waals surface area (Å²) in [4.78, 5) is 51.1. The maximum Gasteiger partial charge on any atom is 0.372 e. The Balaban J connectivity index is 4.04. The van der Waals surface area contributed by atoms with E-state index >= 15 is 0 Å². The molecule has 0 rings (SSSR count). The second-order valence-electron chi connectivity index (χ2n) is 3.62. The van der Waals surface area contributed by atoms with Gasteiger partial charge in [0.05, 0.1) is 6.42 Å². The Morgan fingerprint density at radius 3 is 1.89 bits per heavy atom. The molecule has 0 spiro atoms. The van der Waals surface area contributed by atoms with Crippen LogP contribution in [0.5, 0.6) is 0 Å². The summed E-state index contributed by atoms with van der Waals surface area (Å²) in [6.45, 7) is 0. The van der Waals surface area contributed by atoms with Gasteiger partial charge in [-0.3, -0.25) is 9.59 Å². The van der Waals surface area contributed by atoms with Gasteiger partial charge in [0.15, 0.2) is 0 Å². The summed E-state index contributed by atoms with van der Waals surface area (Å²) < 4.78 is 0. The fourth-order valence-corrected chi connectivity index (χ4v) is 0.903. The number of hydrogen-bond acceptors (Lipinski definition) is 8. The Kier molecular flexibility index (Phi) is 7.07. The van der Waals surface area contributed by atoms with E-state index in [1.165, 1.54) is 0 Å². The molecule has 0 saturated heterocycles. The fraction of sp³-hybridized carbons (Fsp3) is 0.556. The van der Waals surface area contributed by atoms with Crippen LogP contribution >= 0.6 is 0 Å². The highest BCUT2D eigenvalue weighted by Gasteiger charge is 2.23. The molecule has 0 aliphatic rings. The van der Waals surface area contributed by atoms with Crippen molar-refractivity contribution in [3.8, 4) is 0 Å². The zero-order valence-corrected chi connectivity index (χ0v) is 9.90. The van der Waals surface area contributed by atoms with E-state index in [0.29, 0.717) is 0 Å². The van der Waals surface area contributed by atoms with E-state index in [4.69, 9.17) is 22.3 Å². The van der Waals surface area contributed by atoms with Crippen molar-refractivity contribution in [2.24, 2.45) is 17.2 Å². The van der Waals surface area contributed by atoms with Crippen LogP contribution in [-0.2, 0) is 29.0 Å². The first-order chi connectivity index (χ1) is 8.73. The van der Waals surface area contributed by atoms with Crippen LogP contribution in [0.15, 0.2) is 0 Å². The van der Waals surface area contributed by atoms with E-state index in [9.17, 15) is 19.2 Å². The molecule has 19 heavy (non-hydrogen) atoms. The van der Waals surface area contributed by atoms with E-state index in [1.54, 1.807) is 0 Å². The van der Waals surface area contributed by atoms with Gasteiger partial charge >= 0.3 is 17.9 Å². The minimum atomic E-state index is -1.36. The number of aliphatic carboxylic acids is 1. The van der Waals surface area contributed by atoms with Crippen molar-refractivity contribution < 1.29 is 34.1 Å². The molecule has 0 aliphatic carbocycles. The maximum atomic E-state index is 11.2. The van der Waals surface area contributed by atoms with Crippen molar-refractivity contribution in [2.45, 2.75) is 31.3 Å². The van der Waals surface area contributed by atoms with Crippen LogP contribution in [0.2, 0.25) is 0 Å². The third kappa shape index (κ3) is 7.68. The first-order valence-electron chi connectivity index (χ1n) is 5.17. The van der Waals surface area contributed by atoms with Crippen LogP contribution in [0.1, 0.15) is 19.3 Å². The lowest BCUT2D eigenvalue weighted by atomic mass is 10.2. The molecule has 7 N–H and O–H groups in total. The zero-order valence-electron chi connectivity index (χ0n) is 9.90. The third-order valence-electron chi connectivity index (χ3n) is 1.90. The molecule has 0 aromatic heterocycles. The van der Waals surface area contributed by atoms with Crippen LogP contribution in [-0.4, -0.2) is 41.0 Å². The van der Waals surface area contributed by atoms with Gasteiger partial charge in [-0.25, -0.2) is 19.4 Å². The lowest BCUT2D eigenvalue weighted by molar-refractivity contribution is -0.261. The Hall–Kier alpha value is -2.20. The first kappa shape index (κ1) is 16.8. The Bertz CT molecular complexity index is 371. The van der Waals surface area contributed by atoms with Gasteiger partial charge in [-0.15, -0.1) is 0 Å². The van der Waals surface area contributed by atoms with E-state index < -0.39 is 42.3 Å². The predicted octanol–water partition coefficient (Wildman–Crippen LogP) is -2.62. The average Bonchev–Trinajstić information content (AvgIpc) is 2.31. The fourth-order valence-electron chi connectivity index (χ4n) is 0.903. The lowest BCUT2D eigenvalue weighted by Gasteiger charge is -2.10. The second kappa shape index (κ2) is 8.00. The molecule has 0 aromatic carbocycles. The van der Waals surface area contributed by atoms with Crippen LogP contribution in [0, 0.1) is 0 Å². The van der Waals surface area contributed by atoms with E-state index in [-0.39, 0.29) is 12.8 Å². The zero-order chi connectivity index (χ0) is 15.0. The van der Waals surface area contributed by atoms with E-state index in [1.807, 2.05) is 0 Å². The number of carbonyl (C=O) groups excluding carboxylic acids is 3. The number of carboxylic acids is 1. The third-order valence-corrected chi connectivity index (χ3v) is 1.90. The van der Waals surface area contributed by atoms with Crippen LogP contribution in [0.25, 0.3) is 0 Å². The molecule has 0 aromatic rings. The smallest absolute Gasteiger partial charge is 0.372 e. The molecule has 1 amide bonds. The van der Waals surface area contributed by atoms with Crippen LogP contribution in [0.4, 0.5) is 0 Å². The summed E-state index contributed by atoms with van der Waals surface area (Å²) >= 11 is 0. The summed E-state index contributed by atoms with van der Waals surface area (Å²) in [5.74, 6) is -4.25. The molecule has 2 unspecified atom stereocenters. The van der Waals surface area contributed by atoms with Gasteiger partial charge in [-0.1, -0.05) is 0 Å². The molecule has 10 nitrogen and oxygen atoms in total. The summed E-state index contributed by atoms with van der Waals surface area (Å²) in [5, 5.41) is 8.37. The molecule has 0 aliphatic heterocycles. The number of carboxylic acid groups (broad SMARTS) is 1. The number of amides is 1. The van der Waals surface area contributed by atoms with Crippen molar-refractivity contribution in [2.75, 3.05) is 0 Å². The maximum absolute atomic E-state index is 11.2. The summed E-state index contributed by atoms with van der Waals surface area (Å²) in [5.41, 5.74) is 15.3. The number of primary amides is 1. The molecule has 0 fully saturated rings. The van der Waals surface area contributed by atoms with Gasteiger partial charge in [-0.05, 0) is 6.42 Å². The van der Waals surface area contributed by atoms with Gasteiger partial charge in [-0.2, -0.15) is 0 Å². The molecule has 0 bridgehead atoms. The molecule has 0 radical (unpaired) electrons. The number of hydrogen-bond donors (Lipinski definition) is 4. The molecular weight excluding hydrogens is 262 g/mol. The van der Waals surface area contributed by atoms with Gasteiger partial charge in [0, 0.05) is 6.42 Å². The number of nitrogens with two attached hydrogens (primary N) is 3. The van der Waals surface area contributed by atoms with Gasteiger partial charge in [0.25, 0.3) is 0 Å². The minimum absolute atomic E-state index is 0.181. The SMILES string of the molecule is NC(=O)CC(N)C(=O)OOC(=O)C(N)CCC(=O)O. The monoisotopic (exact) mass is 277 g/mol. The van der Waals surface area contributed by atoms with Crippen molar-refractivity contribution in [3.05, 3.63) is 0 Å². The largest absolute Gasteiger partial charge is 0.481 e. The summed E-state index contributed by atoms with van der Waals surface area (Å²) in [6.07, 6.45) is -0.994. The molecular formula is C9H15N3O7. The highest BCUT2D eigenvalue weighted by atomic mass is 17.2. The average molecular weight is 277 g/mol. The first-order valence-corrected chi connectivity index (χ1v) is 5.17. The molecule has 108 valence electrons. The van der Waals surface area contributed by atoms with Crippen molar-refractivity contribution >= 4 is 23.8 Å². The van der Waals surface area contributed by atoms with Crippen molar-refractivity contribution in [1.29, 1.82) is 0 Å². The molecule has 0 heterocycles. The minimum Gasteiger partial charge on any atom is -0.481 e. The Morgan fingerprint density at radius 2 is 1.47 bits per heavy atom. The Labute approximate surface area is 107 Å². The number of carbonyl (C=O) groups is 4. The molecule has 2 atom stereocenters. The molecule has 10 heteroatoms. The van der Waals surface area contributed by atoms with Crippen molar-refractivity contribution in [1.82, 2.24) is 0 Å². The highest BCUT2D eigenvalue weighted by molar-refractivity contribution is 5.84. The highest BCUT2D eigenvalue weighted by Crippen LogP contribution is 1.99. The summed E-state index contributed by atoms with van der Waals surface area (Å²) in [7, 11) is 0. The quantitative estimate of drug-likeness (QED) is 0.285. The number of rotatable bonds is 7. The van der Waals surface area contributed by atoms with Gasteiger partial charge < -0.3 is 22.3 Å². The van der Waals surface area contributed by atoms with E-state index in [2.05, 4.69) is 9.78 Å². The van der Waals surface area contributed by atoms with Crippen LogP contribution in [0.3, 0.4) is 0 Å². The predicted molar refractivity (Wildman–Crippen MR) is 58.8 cm³/mol. The lowest BCUT2D eigenvalue weighted by Crippen LogP contribution is -2.39. The topological polar surface area (TPSA) is 185 Å². The standard InChI is InChI=1S/C9H15N3O7/c10-4(1-2-7(14)15)8(16)18-19-9(17)5(11)3-6(12)13/h4-5H,1-3,10-11H2,(H2,12,13)(H,14,15). The van der Waals surface area contributed by atoms with Gasteiger partial charge in [0.2, 0.25) is 5.91 Å². The second-order valence-corrected chi connectivity index (χ2v) is 3.62. The Morgan fingerprint density at radius 1 is 1.00 bits per heavy atom. The van der Waals surface area contributed by atoms with Gasteiger partial charge in [0.1, 0.15) is 12.1 Å². The van der Waals surface area contributed by atoms with Crippen LogP contribution < -0.4 is 17.2 Å². The normalized spacial score (nSPS) is 13.2. The van der Waals surface area contributed by atoms with Crippen molar-refractivity contribution in [3.63, 3.8) is 0 Å². The summed E-state index contributed by atoms with van der Waals surface area (Å²) in [6, 6.07) is -2.61.